The number of halogens is 1. The second kappa shape index (κ2) is 11.9. The molecule has 0 saturated heterocycles. The van der Waals surface area contributed by atoms with Crippen LogP contribution in [-0.2, 0) is 26.4 Å². The molecular weight excluding hydrogens is 481 g/mol. The van der Waals surface area contributed by atoms with Crippen molar-refractivity contribution in [1.82, 2.24) is 20.4 Å². The van der Waals surface area contributed by atoms with Gasteiger partial charge in [0.1, 0.15) is 11.5 Å². The van der Waals surface area contributed by atoms with Crippen molar-refractivity contribution >= 4 is 29.9 Å². The molecule has 2 aromatic rings. The van der Waals surface area contributed by atoms with Crippen LogP contribution in [0.1, 0.15) is 49.3 Å². The van der Waals surface area contributed by atoms with E-state index in [2.05, 4.69) is 41.5 Å². The van der Waals surface area contributed by atoms with Gasteiger partial charge in [-0.25, -0.2) is 0 Å². The van der Waals surface area contributed by atoms with Crippen molar-refractivity contribution in [2.24, 2.45) is 12.0 Å². The van der Waals surface area contributed by atoms with Crippen LogP contribution in [0.25, 0.3) is 0 Å². The van der Waals surface area contributed by atoms with Crippen LogP contribution in [0, 0.1) is 0 Å². The van der Waals surface area contributed by atoms with Crippen LogP contribution in [-0.4, -0.2) is 37.0 Å². The van der Waals surface area contributed by atoms with Gasteiger partial charge in [0.15, 0.2) is 5.96 Å². The van der Waals surface area contributed by atoms with Gasteiger partial charge in [-0.3, -0.25) is 9.67 Å². The van der Waals surface area contributed by atoms with Gasteiger partial charge in [-0.05, 0) is 38.0 Å². The first kappa shape index (κ1) is 25.1. The molecule has 0 fully saturated rings. The third kappa shape index (κ3) is 6.01. The first-order chi connectivity index (χ1) is 13.5. The number of methoxy groups -OCH3 is 2. The second-order valence-corrected chi connectivity index (χ2v) is 6.60. The molecule has 0 bridgehead atoms. The summed E-state index contributed by atoms with van der Waals surface area (Å²) in [6.45, 7) is 7.05. The Morgan fingerprint density at radius 1 is 1.21 bits per heavy atom. The van der Waals surface area contributed by atoms with Crippen LogP contribution in [0.5, 0.6) is 11.5 Å². The lowest BCUT2D eigenvalue weighted by Gasteiger charge is -2.21. The number of hydrogen-bond donors (Lipinski definition) is 2. The molecule has 0 radical (unpaired) electrons. The van der Waals surface area contributed by atoms with Gasteiger partial charge in [0.2, 0.25) is 0 Å². The van der Waals surface area contributed by atoms with Crippen molar-refractivity contribution in [1.29, 1.82) is 0 Å². The molecule has 162 valence electrons. The summed E-state index contributed by atoms with van der Waals surface area (Å²) in [6.07, 6.45) is 1.86. The molecule has 1 aromatic heterocycles. The number of aromatic nitrogens is 2. The van der Waals surface area contributed by atoms with Crippen LogP contribution in [0.2, 0.25) is 0 Å². The number of nitrogens with one attached hydrogen (secondary N) is 2. The van der Waals surface area contributed by atoms with Crippen LogP contribution in [0.3, 0.4) is 0 Å². The molecule has 1 unspecified atom stereocenters. The SMILES string of the molecule is CCc1nn(C)c(CC)c1CNC(=NC)NC(C)c1cc(OC)ccc1OC.I. The molecule has 1 heterocycles. The summed E-state index contributed by atoms with van der Waals surface area (Å²) in [6, 6.07) is 5.78. The smallest absolute Gasteiger partial charge is 0.191 e. The Hall–Kier alpha value is -1.97. The lowest BCUT2D eigenvalue weighted by Crippen LogP contribution is -2.38. The minimum Gasteiger partial charge on any atom is -0.497 e. The number of aliphatic imine (C=N–C) groups is 1. The Balaban J connectivity index is 0.00000420. The Morgan fingerprint density at radius 2 is 1.93 bits per heavy atom. The fourth-order valence-electron chi connectivity index (χ4n) is 3.42. The third-order valence-electron chi connectivity index (χ3n) is 4.94. The topological polar surface area (TPSA) is 72.7 Å². The molecule has 1 atom stereocenters. The van der Waals surface area contributed by atoms with E-state index in [0.29, 0.717) is 6.54 Å². The predicted molar refractivity (Wildman–Crippen MR) is 129 cm³/mol. The lowest BCUT2D eigenvalue weighted by molar-refractivity contribution is 0.394. The summed E-state index contributed by atoms with van der Waals surface area (Å²) in [5.41, 5.74) is 4.64. The van der Waals surface area contributed by atoms with E-state index in [1.807, 2.05) is 29.9 Å². The zero-order valence-corrected chi connectivity index (χ0v) is 20.8. The fraction of sp³-hybridized carbons (Fsp3) is 0.524. The van der Waals surface area contributed by atoms with Crippen molar-refractivity contribution in [3.05, 3.63) is 40.7 Å². The molecule has 0 aliphatic rings. The zero-order valence-electron chi connectivity index (χ0n) is 18.5. The molecule has 0 amide bonds. The van der Waals surface area contributed by atoms with Crippen LogP contribution in [0.15, 0.2) is 23.2 Å². The molecular formula is C21H34IN5O2. The van der Waals surface area contributed by atoms with Gasteiger partial charge >= 0.3 is 0 Å². The Morgan fingerprint density at radius 3 is 2.48 bits per heavy atom. The maximum atomic E-state index is 5.51. The van der Waals surface area contributed by atoms with Gasteiger partial charge in [0, 0.05) is 37.5 Å². The number of benzene rings is 1. The van der Waals surface area contributed by atoms with Crippen molar-refractivity contribution in [2.75, 3.05) is 21.3 Å². The van der Waals surface area contributed by atoms with E-state index < -0.39 is 0 Å². The number of hydrogen-bond acceptors (Lipinski definition) is 4. The van der Waals surface area contributed by atoms with Crippen molar-refractivity contribution in [3.8, 4) is 11.5 Å². The Kier molecular flexibility index (Phi) is 10.3. The molecule has 0 aliphatic heterocycles. The maximum Gasteiger partial charge on any atom is 0.191 e. The van der Waals surface area contributed by atoms with E-state index >= 15 is 0 Å². The predicted octanol–water partition coefficient (Wildman–Crippen LogP) is 3.61. The van der Waals surface area contributed by atoms with E-state index in [4.69, 9.17) is 9.47 Å². The summed E-state index contributed by atoms with van der Waals surface area (Å²) in [7, 11) is 7.11. The average molecular weight is 515 g/mol. The molecule has 0 aliphatic carbocycles. The van der Waals surface area contributed by atoms with Gasteiger partial charge < -0.3 is 20.1 Å². The van der Waals surface area contributed by atoms with Gasteiger partial charge in [-0.15, -0.1) is 24.0 Å². The normalized spacial score (nSPS) is 12.2. The van der Waals surface area contributed by atoms with Gasteiger partial charge in [0.25, 0.3) is 0 Å². The fourth-order valence-corrected chi connectivity index (χ4v) is 3.42. The van der Waals surface area contributed by atoms with Crippen LogP contribution >= 0.6 is 24.0 Å². The van der Waals surface area contributed by atoms with Crippen LogP contribution < -0.4 is 20.1 Å². The first-order valence-corrected chi connectivity index (χ1v) is 9.71. The zero-order chi connectivity index (χ0) is 20.7. The summed E-state index contributed by atoms with van der Waals surface area (Å²) in [4.78, 5) is 4.38. The third-order valence-corrected chi connectivity index (χ3v) is 4.94. The highest BCUT2D eigenvalue weighted by molar-refractivity contribution is 14.0. The average Bonchev–Trinajstić information content (AvgIpc) is 3.04. The molecule has 2 N–H and O–H groups in total. The van der Waals surface area contributed by atoms with E-state index in [-0.39, 0.29) is 30.0 Å². The summed E-state index contributed by atoms with van der Waals surface area (Å²) in [5, 5.41) is 11.5. The van der Waals surface area contributed by atoms with Gasteiger partial charge in [-0.1, -0.05) is 13.8 Å². The molecule has 0 spiro atoms. The van der Waals surface area contributed by atoms with Crippen LogP contribution in [0.4, 0.5) is 0 Å². The van der Waals surface area contributed by atoms with Crippen molar-refractivity contribution < 1.29 is 9.47 Å². The Labute approximate surface area is 191 Å². The van der Waals surface area contributed by atoms with E-state index in [1.54, 1.807) is 21.3 Å². The molecule has 7 nitrogen and oxygen atoms in total. The second-order valence-electron chi connectivity index (χ2n) is 6.60. The highest BCUT2D eigenvalue weighted by atomic mass is 127. The molecule has 0 saturated carbocycles. The standard InChI is InChI=1S/C21H33N5O2.HI/c1-8-18-17(19(9-2)26(5)25-18)13-23-21(22-4)24-14(3)16-12-15(27-6)10-11-20(16)28-7;/h10-12,14H,8-9,13H2,1-7H3,(H2,22,23,24);1H. The number of guanidine groups is 1. The summed E-state index contributed by atoms with van der Waals surface area (Å²) in [5.74, 6) is 2.33. The molecule has 2 rings (SSSR count). The number of nitrogens with zero attached hydrogens (tertiary/aromatic N) is 3. The van der Waals surface area contributed by atoms with Gasteiger partial charge in [-0.2, -0.15) is 5.10 Å². The van der Waals surface area contributed by atoms with Crippen molar-refractivity contribution in [3.63, 3.8) is 0 Å². The van der Waals surface area contributed by atoms with Crippen molar-refractivity contribution in [2.45, 2.75) is 46.2 Å². The largest absolute Gasteiger partial charge is 0.497 e. The minimum absolute atomic E-state index is 0. The van der Waals surface area contributed by atoms with E-state index in [0.717, 1.165) is 41.6 Å². The summed E-state index contributed by atoms with van der Waals surface area (Å²) < 4.78 is 12.8. The lowest BCUT2D eigenvalue weighted by atomic mass is 10.1. The van der Waals surface area contributed by atoms with Gasteiger partial charge in [0.05, 0.1) is 26.0 Å². The highest BCUT2D eigenvalue weighted by Crippen LogP contribution is 2.29. The summed E-state index contributed by atoms with van der Waals surface area (Å²) >= 11 is 0. The molecule has 1 aromatic carbocycles. The number of rotatable bonds is 8. The Bertz CT molecular complexity index is 820. The minimum atomic E-state index is -0.0126. The molecule has 8 heteroatoms. The number of aryl methyl sites for hydroxylation is 2. The first-order valence-electron chi connectivity index (χ1n) is 9.71. The maximum absolute atomic E-state index is 5.51. The highest BCUT2D eigenvalue weighted by Gasteiger charge is 2.16. The monoisotopic (exact) mass is 515 g/mol. The van der Waals surface area contributed by atoms with E-state index in [1.165, 1.54) is 11.3 Å². The number of ether oxygens (including phenoxy) is 2. The quantitative estimate of drug-likeness (QED) is 0.320. The van der Waals surface area contributed by atoms with E-state index in [9.17, 15) is 0 Å². The molecule has 29 heavy (non-hydrogen) atoms.